The average molecular weight is 851 g/mol. The van der Waals surface area contributed by atoms with Gasteiger partial charge in [-0.15, -0.1) is 0 Å². The highest BCUT2D eigenvalue weighted by Gasteiger charge is 2.47. The Balaban J connectivity index is 1.64. The van der Waals surface area contributed by atoms with Gasteiger partial charge in [-0.2, -0.15) is 0 Å². The molecule has 2 rings (SSSR count). The molecule has 7 N–H and O–H groups in total. The van der Waals surface area contributed by atoms with Gasteiger partial charge in [-0.3, -0.25) is 4.79 Å². The fourth-order valence-electron chi connectivity index (χ4n) is 7.70. The summed E-state index contributed by atoms with van der Waals surface area (Å²) in [7, 11) is 0. The van der Waals surface area contributed by atoms with E-state index in [1.165, 1.54) is 116 Å². The number of carbonyl (C=O) groups excluding carboxylic acids is 1. The van der Waals surface area contributed by atoms with Crippen LogP contribution in [-0.4, -0.2) is 142 Å². The number of esters is 1. The molecule has 14 heteroatoms. The van der Waals surface area contributed by atoms with Gasteiger partial charge in [-0.1, -0.05) is 162 Å². The van der Waals surface area contributed by atoms with Crippen molar-refractivity contribution in [2.45, 2.75) is 248 Å². The second-order valence-corrected chi connectivity index (χ2v) is 16.9. The third-order valence-corrected chi connectivity index (χ3v) is 11.6. The van der Waals surface area contributed by atoms with Crippen LogP contribution in [0.25, 0.3) is 0 Å². The lowest BCUT2D eigenvalue weighted by Crippen LogP contribution is -2.61. The van der Waals surface area contributed by atoms with Crippen LogP contribution in [0.5, 0.6) is 0 Å². The van der Waals surface area contributed by atoms with Gasteiger partial charge in [0.25, 0.3) is 0 Å². The summed E-state index contributed by atoms with van der Waals surface area (Å²) in [5.41, 5.74) is 0. The predicted molar refractivity (Wildman–Crippen MR) is 224 cm³/mol. The molecule has 2 fully saturated rings. The van der Waals surface area contributed by atoms with E-state index < -0.39 is 86.7 Å². The van der Waals surface area contributed by atoms with E-state index >= 15 is 0 Å². The SMILES string of the molecule is CCCCCCCCCCCCCCCCCCCCCCCOCC(COC1OC(COC2OC(CO)C(O)C(O)C2O)C(O)C(O)C1O)OC(=O)CCCCCC. The molecule has 2 aliphatic heterocycles. The van der Waals surface area contributed by atoms with E-state index in [0.717, 1.165) is 38.5 Å². The Morgan fingerprint density at radius 3 is 1.37 bits per heavy atom. The maximum absolute atomic E-state index is 12.7. The van der Waals surface area contributed by atoms with Crippen molar-refractivity contribution in [1.29, 1.82) is 0 Å². The van der Waals surface area contributed by atoms with Crippen LogP contribution in [0.3, 0.4) is 0 Å². The van der Waals surface area contributed by atoms with Crippen molar-refractivity contribution in [3.63, 3.8) is 0 Å². The molecule has 0 aromatic carbocycles. The van der Waals surface area contributed by atoms with E-state index in [0.29, 0.717) is 13.0 Å². The Labute approximate surface area is 355 Å². The number of aliphatic hydroxyl groups excluding tert-OH is 7. The highest BCUT2D eigenvalue weighted by atomic mass is 16.7. The van der Waals surface area contributed by atoms with Gasteiger partial charge in [0, 0.05) is 13.0 Å². The summed E-state index contributed by atoms with van der Waals surface area (Å²) in [6.45, 7) is 3.58. The molecule has 2 saturated heterocycles. The van der Waals surface area contributed by atoms with Crippen molar-refractivity contribution in [1.82, 2.24) is 0 Å². The zero-order valence-corrected chi connectivity index (χ0v) is 36.8. The van der Waals surface area contributed by atoms with Crippen LogP contribution in [0, 0.1) is 0 Å². The standard InChI is InChI=1S/C45H86O14/c1-3-5-7-9-10-11-12-13-14-15-16-17-18-19-20-21-22-23-24-25-27-29-54-31-34(57-37(47)28-26-8-6-4-2)32-55-44-43(53)41(51)39(49)36(59-44)33-56-45-42(52)40(50)38(48)35(30-46)58-45/h34-36,38-46,48-53H,3-33H2,1-2H3. The van der Waals surface area contributed by atoms with Crippen molar-refractivity contribution in [2.24, 2.45) is 0 Å². The lowest BCUT2D eigenvalue weighted by Gasteiger charge is -2.42. The van der Waals surface area contributed by atoms with Crippen molar-refractivity contribution < 1.29 is 69.0 Å². The van der Waals surface area contributed by atoms with E-state index in [4.69, 9.17) is 28.4 Å². The minimum atomic E-state index is -1.70. The lowest BCUT2D eigenvalue weighted by molar-refractivity contribution is -0.332. The number of rotatable bonds is 37. The Kier molecular flexibility index (Phi) is 31.6. The highest BCUT2D eigenvalue weighted by Crippen LogP contribution is 2.26. The van der Waals surface area contributed by atoms with Crippen LogP contribution in [-0.2, 0) is 33.2 Å². The molecule has 0 bridgehead atoms. The first kappa shape index (κ1) is 54.1. The normalized spacial score (nSPS) is 27.9. The van der Waals surface area contributed by atoms with Gasteiger partial charge in [-0.25, -0.2) is 0 Å². The molecule has 2 heterocycles. The Morgan fingerprint density at radius 2 is 0.898 bits per heavy atom. The minimum Gasteiger partial charge on any atom is -0.457 e. The van der Waals surface area contributed by atoms with Crippen molar-refractivity contribution in [3.05, 3.63) is 0 Å². The van der Waals surface area contributed by atoms with Crippen LogP contribution < -0.4 is 0 Å². The number of unbranched alkanes of at least 4 members (excludes halogenated alkanes) is 23. The van der Waals surface area contributed by atoms with E-state index in [2.05, 4.69) is 13.8 Å². The first-order valence-electron chi connectivity index (χ1n) is 23.6. The molecule has 14 nitrogen and oxygen atoms in total. The van der Waals surface area contributed by atoms with Crippen molar-refractivity contribution >= 4 is 5.97 Å². The van der Waals surface area contributed by atoms with Gasteiger partial charge in [0.2, 0.25) is 0 Å². The molecule has 59 heavy (non-hydrogen) atoms. The summed E-state index contributed by atoms with van der Waals surface area (Å²) >= 11 is 0. The molecule has 2 aliphatic rings. The number of hydrogen-bond donors (Lipinski definition) is 7. The molecule has 0 aliphatic carbocycles. The van der Waals surface area contributed by atoms with Crippen molar-refractivity contribution in [2.75, 3.05) is 33.0 Å². The summed E-state index contributed by atoms with van der Waals surface area (Å²) < 4.78 is 33.9. The molecule has 0 amide bonds. The fourth-order valence-corrected chi connectivity index (χ4v) is 7.70. The van der Waals surface area contributed by atoms with Gasteiger partial charge in [-0.05, 0) is 12.8 Å². The average Bonchev–Trinajstić information content (AvgIpc) is 3.23. The lowest BCUT2D eigenvalue weighted by atomic mass is 9.98. The molecule has 0 saturated carbocycles. The van der Waals surface area contributed by atoms with E-state index in [-0.39, 0.29) is 19.6 Å². The Bertz CT molecular complexity index is 990. The second kappa shape index (κ2) is 34.5. The fraction of sp³-hybridized carbons (Fsp3) is 0.978. The van der Waals surface area contributed by atoms with Gasteiger partial charge >= 0.3 is 5.97 Å². The molecule has 11 atom stereocenters. The van der Waals surface area contributed by atoms with Crippen LogP contribution in [0.2, 0.25) is 0 Å². The van der Waals surface area contributed by atoms with Crippen molar-refractivity contribution in [3.8, 4) is 0 Å². The molecule has 11 unspecified atom stereocenters. The zero-order chi connectivity index (χ0) is 43.1. The molecule has 0 aromatic heterocycles. The summed E-state index contributed by atoms with van der Waals surface area (Å²) in [6, 6.07) is 0. The zero-order valence-electron chi connectivity index (χ0n) is 36.8. The molecular weight excluding hydrogens is 764 g/mol. The van der Waals surface area contributed by atoms with Crippen LogP contribution in [0.15, 0.2) is 0 Å². The third-order valence-electron chi connectivity index (χ3n) is 11.6. The number of hydrogen-bond acceptors (Lipinski definition) is 14. The summed E-state index contributed by atoms with van der Waals surface area (Å²) in [5.74, 6) is -0.390. The van der Waals surface area contributed by atoms with Crippen LogP contribution in [0.1, 0.15) is 181 Å². The molecular formula is C45H86O14. The summed E-state index contributed by atoms with van der Waals surface area (Å²) in [6.07, 6.45) is 15.4. The number of ether oxygens (including phenoxy) is 6. The smallest absolute Gasteiger partial charge is 0.306 e. The van der Waals surface area contributed by atoms with Gasteiger partial charge in [0.05, 0.1) is 26.4 Å². The monoisotopic (exact) mass is 851 g/mol. The molecule has 0 radical (unpaired) electrons. The van der Waals surface area contributed by atoms with E-state index in [1.807, 2.05) is 0 Å². The quantitative estimate of drug-likeness (QED) is 0.0294. The van der Waals surface area contributed by atoms with E-state index in [1.54, 1.807) is 0 Å². The summed E-state index contributed by atoms with van der Waals surface area (Å²) in [5, 5.41) is 71.6. The Hall–Kier alpha value is -1.01. The maximum atomic E-state index is 12.7. The molecule has 350 valence electrons. The van der Waals surface area contributed by atoms with Crippen LogP contribution in [0.4, 0.5) is 0 Å². The number of carbonyl (C=O) groups is 1. The topological polar surface area (TPSA) is 214 Å². The molecule has 0 spiro atoms. The van der Waals surface area contributed by atoms with Gasteiger partial charge in [0.1, 0.15) is 54.9 Å². The predicted octanol–water partition coefficient (Wildman–Crippen LogP) is 5.74. The maximum Gasteiger partial charge on any atom is 0.306 e. The third kappa shape index (κ3) is 23.3. The van der Waals surface area contributed by atoms with Crippen LogP contribution >= 0.6 is 0 Å². The molecule has 0 aromatic rings. The minimum absolute atomic E-state index is 0.0670. The first-order valence-corrected chi connectivity index (χ1v) is 23.6. The van der Waals surface area contributed by atoms with Gasteiger partial charge in [0.15, 0.2) is 12.6 Å². The number of aliphatic hydroxyl groups is 7. The second-order valence-electron chi connectivity index (χ2n) is 16.9. The van der Waals surface area contributed by atoms with Gasteiger partial charge < -0.3 is 64.2 Å². The summed E-state index contributed by atoms with van der Waals surface area (Å²) in [4.78, 5) is 12.7. The Morgan fingerprint density at radius 1 is 0.492 bits per heavy atom. The highest BCUT2D eigenvalue weighted by molar-refractivity contribution is 5.69. The largest absolute Gasteiger partial charge is 0.457 e. The van der Waals surface area contributed by atoms with E-state index in [9.17, 15) is 40.5 Å². The first-order chi connectivity index (χ1) is 28.6.